The van der Waals surface area contributed by atoms with Crippen molar-refractivity contribution in [1.82, 2.24) is 10.3 Å². The number of amides is 2. The molecule has 0 saturated heterocycles. The van der Waals surface area contributed by atoms with Crippen molar-refractivity contribution in [3.8, 4) is 0 Å². The number of hydrogen-bond donors (Lipinski definition) is 4. The summed E-state index contributed by atoms with van der Waals surface area (Å²) < 4.78 is 0. The Labute approximate surface area is 126 Å². The van der Waals surface area contributed by atoms with Gasteiger partial charge < -0.3 is 21.4 Å². The minimum Gasteiger partial charge on any atom is -0.356 e. The first-order valence-corrected chi connectivity index (χ1v) is 6.72. The minimum atomic E-state index is -0.374. The predicted molar refractivity (Wildman–Crippen MR) is 81.6 cm³/mol. The molecule has 7 heteroatoms. The number of nitrogens with one attached hydrogen (secondary N) is 3. The van der Waals surface area contributed by atoms with Crippen LogP contribution in [0.1, 0.15) is 20.8 Å². The number of aromatic nitrogens is 1. The van der Waals surface area contributed by atoms with E-state index < -0.39 is 0 Å². The molecule has 2 amide bonds. The molecule has 0 bridgehead atoms. The van der Waals surface area contributed by atoms with E-state index in [0.717, 1.165) is 0 Å². The number of carbonyl (C=O) groups excluding carboxylic acids is 2. The van der Waals surface area contributed by atoms with Gasteiger partial charge in [0, 0.05) is 19.3 Å². The second-order valence-electron chi connectivity index (χ2n) is 4.28. The van der Waals surface area contributed by atoms with Crippen LogP contribution in [0.15, 0.2) is 36.5 Å². The molecule has 6 nitrogen and oxygen atoms in total. The van der Waals surface area contributed by atoms with Crippen LogP contribution in [-0.4, -0.2) is 29.9 Å². The molecule has 0 radical (unpaired) electrons. The molecule has 0 aliphatic heterocycles. The highest BCUT2D eigenvalue weighted by atomic mass is 35.5. The number of hydrogen-bond acceptors (Lipinski definition) is 3. The summed E-state index contributed by atoms with van der Waals surface area (Å²) in [6.07, 6.45) is 1.51. The lowest BCUT2D eigenvalue weighted by atomic mass is 10.1. The van der Waals surface area contributed by atoms with Crippen LogP contribution in [0, 0.1) is 0 Å². The lowest BCUT2D eigenvalue weighted by Gasteiger charge is -2.10. The molecule has 5 N–H and O–H groups in total. The maximum atomic E-state index is 12.1. The molecule has 0 saturated carbocycles. The van der Waals surface area contributed by atoms with E-state index in [2.05, 4.69) is 15.6 Å². The Morgan fingerprint density at radius 3 is 2.67 bits per heavy atom. The Hall–Kier alpha value is -2.31. The van der Waals surface area contributed by atoms with Gasteiger partial charge in [0.2, 0.25) is 0 Å². The number of anilines is 1. The topological polar surface area (TPSA) is 100 Å². The molecule has 0 fully saturated rings. The summed E-state index contributed by atoms with van der Waals surface area (Å²) in [5.41, 5.74) is 6.46. The van der Waals surface area contributed by atoms with E-state index >= 15 is 0 Å². The van der Waals surface area contributed by atoms with Crippen molar-refractivity contribution in [3.63, 3.8) is 0 Å². The molecule has 0 spiro atoms. The van der Waals surface area contributed by atoms with E-state index in [1.807, 2.05) is 0 Å². The van der Waals surface area contributed by atoms with Gasteiger partial charge in [-0.2, -0.15) is 0 Å². The number of carbonyl (C=O) groups is 2. The normalized spacial score (nSPS) is 10.2. The van der Waals surface area contributed by atoms with Gasteiger partial charge in [0.1, 0.15) is 5.69 Å². The molecule has 2 aromatic rings. The van der Waals surface area contributed by atoms with Crippen LogP contribution >= 0.6 is 11.6 Å². The van der Waals surface area contributed by atoms with Crippen molar-refractivity contribution < 1.29 is 9.59 Å². The molecular weight excluding hydrogens is 292 g/mol. The maximum Gasteiger partial charge on any atom is 0.272 e. The van der Waals surface area contributed by atoms with Gasteiger partial charge in [-0.05, 0) is 18.2 Å². The average Bonchev–Trinajstić information content (AvgIpc) is 2.92. The highest BCUT2D eigenvalue weighted by Gasteiger charge is 2.14. The number of H-pyrrole nitrogens is 1. The van der Waals surface area contributed by atoms with E-state index in [1.54, 1.807) is 24.3 Å². The van der Waals surface area contributed by atoms with Crippen LogP contribution in [0.2, 0.25) is 5.02 Å². The lowest BCUT2D eigenvalue weighted by molar-refractivity contribution is 0.0955. The molecule has 1 aromatic carbocycles. The monoisotopic (exact) mass is 306 g/mol. The summed E-state index contributed by atoms with van der Waals surface area (Å²) in [5, 5.41) is 5.78. The second-order valence-corrected chi connectivity index (χ2v) is 4.71. The van der Waals surface area contributed by atoms with Gasteiger partial charge in [0.25, 0.3) is 11.8 Å². The van der Waals surface area contributed by atoms with Gasteiger partial charge in [-0.25, -0.2) is 0 Å². The zero-order chi connectivity index (χ0) is 15.2. The summed E-state index contributed by atoms with van der Waals surface area (Å²) in [7, 11) is 0. The highest BCUT2D eigenvalue weighted by molar-refractivity contribution is 6.31. The van der Waals surface area contributed by atoms with E-state index in [-0.39, 0.29) is 11.8 Å². The number of benzene rings is 1. The summed E-state index contributed by atoms with van der Waals surface area (Å²) >= 11 is 5.76. The first-order valence-electron chi connectivity index (χ1n) is 6.34. The number of aromatic amines is 1. The number of para-hydroxylation sites is 1. The Kier molecular flexibility index (Phi) is 4.97. The quantitative estimate of drug-likeness (QED) is 0.675. The molecule has 21 heavy (non-hydrogen) atoms. The van der Waals surface area contributed by atoms with E-state index in [1.165, 1.54) is 12.3 Å². The van der Waals surface area contributed by atoms with Gasteiger partial charge >= 0.3 is 0 Å². The fraction of sp³-hybridized carbons (Fsp3) is 0.143. The van der Waals surface area contributed by atoms with Crippen molar-refractivity contribution in [2.45, 2.75) is 0 Å². The Balaban J connectivity index is 2.16. The summed E-state index contributed by atoms with van der Waals surface area (Å²) in [6, 6.07) is 8.24. The van der Waals surface area contributed by atoms with E-state index in [9.17, 15) is 9.59 Å². The lowest BCUT2D eigenvalue weighted by Crippen LogP contribution is -2.30. The fourth-order valence-corrected chi connectivity index (χ4v) is 1.92. The molecule has 1 aromatic heterocycles. The third-order valence-electron chi connectivity index (χ3n) is 2.74. The number of rotatable bonds is 5. The zero-order valence-corrected chi connectivity index (χ0v) is 11.9. The Morgan fingerprint density at radius 2 is 2.00 bits per heavy atom. The summed E-state index contributed by atoms with van der Waals surface area (Å²) in [6.45, 7) is 0.717. The van der Waals surface area contributed by atoms with Crippen molar-refractivity contribution in [2.75, 3.05) is 18.4 Å². The molecule has 0 unspecified atom stereocenters. The van der Waals surface area contributed by atoms with E-state index in [0.29, 0.717) is 35.1 Å². The van der Waals surface area contributed by atoms with Crippen LogP contribution in [0.4, 0.5) is 5.69 Å². The van der Waals surface area contributed by atoms with Crippen molar-refractivity contribution in [3.05, 3.63) is 52.8 Å². The van der Waals surface area contributed by atoms with Crippen LogP contribution in [0.25, 0.3) is 0 Å². The van der Waals surface area contributed by atoms with Gasteiger partial charge in [0.15, 0.2) is 0 Å². The van der Waals surface area contributed by atoms with Crippen LogP contribution < -0.4 is 16.4 Å². The van der Waals surface area contributed by atoms with Gasteiger partial charge in [0.05, 0.1) is 16.3 Å². The van der Waals surface area contributed by atoms with Crippen LogP contribution in [0.5, 0.6) is 0 Å². The SMILES string of the molecule is NCCNC(=O)c1ccccc1NC(=O)c1cc(Cl)c[nH]1. The first kappa shape index (κ1) is 15.1. The van der Waals surface area contributed by atoms with Crippen LogP contribution in [0.3, 0.4) is 0 Å². The van der Waals surface area contributed by atoms with E-state index in [4.69, 9.17) is 17.3 Å². The zero-order valence-electron chi connectivity index (χ0n) is 11.2. The fourth-order valence-electron chi connectivity index (χ4n) is 1.76. The largest absolute Gasteiger partial charge is 0.356 e. The number of halogens is 1. The smallest absolute Gasteiger partial charge is 0.272 e. The van der Waals surface area contributed by atoms with Gasteiger partial charge in [-0.3, -0.25) is 9.59 Å². The standard InChI is InChI=1S/C14H15ClN4O2/c15-9-7-12(18-8-9)14(21)19-11-4-2-1-3-10(11)13(20)17-6-5-16/h1-4,7-8,18H,5-6,16H2,(H,17,20)(H,19,21). The predicted octanol–water partition coefficient (Wildman–Crippen LogP) is 1.61. The number of nitrogens with two attached hydrogens (primary N) is 1. The third-order valence-corrected chi connectivity index (χ3v) is 2.96. The highest BCUT2D eigenvalue weighted by Crippen LogP contribution is 2.17. The molecule has 2 rings (SSSR count). The molecule has 0 atom stereocenters. The molecule has 110 valence electrons. The van der Waals surface area contributed by atoms with Gasteiger partial charge in [-0.15, -0.1) is 0 Å². The van der Waals surface area contributed by atoms with Gasteiger partial charge in [-0.1, -0.05) is 23.7 Å². The average molecular weight is 307 g/mol. The summed E-state index contributed by atoms with van der Waals surface area (Å²) in [5.74, 6) is -0.665. The molecule has 0 aliphatic carbocycles. The van der Waals surface area contributed by atoms with Crippen molar-refractivity contribution in [1.29, 1.82) is 0 Å². The summed E-state index contributed by atoms with van der Waals surface area (Å²) in [4.78, 5) is 26.8. The third kappa shape index (κ3) is 3.84. The molecular formula is C14H15ClN4O2. The maximum absolute atomic E-state index is 12.1. The molecule has 0 aliphatic rings. The molecule has 1 heterocycles. The van der Waals surface area contributed by atoms with Crippen molar-refractivity contribution >= 4 is 29.1 Å². The second kappa shape index (κ2) is 6.92. The first-order chi connectivity index (χ1) is 10.1. The van der Waals surface area contributed by atoms with Crippen molar-refractivity contribution in [2.24, 2.45) is 5.73 Å². The Bertz CT molecular complexity index is 654. The van der Waals surface area contributed by atoms with Crippen LogP contribution in [-0.2, 0) is 0 Å². The Morgan fingerprint density at radius 1 is 1.24 bits per heavy atom. The minimum absolute atomic E-state index is 0.291.